The summed E-state index contributed by atoms with van der Waals surface area (Å²) in [7, 11) is 0. The first-order valence-electron chi connectivity index (χ1n) is 8.30. The molecular formula is C19H16ClN3O4. The second kappa shape index (κ2) is 6.51. The van der Waals surface area contributed by atoms with Crippen molar-refractivity contribution < 1.29 is 20.1 Å². The van der Waals surface area contributed by atoms with Crippen LogP contribution >= 0.6 is 11.6 Å². The second-order valence-electron chi connectivity index (χ2n) is 6.37. The van der Waals surface area contributed by atoms with E-state index in [9.17, 15) is 20.1 Å². The fourth-order valence-electron chi connectivity index (χ4n) is 3.22. The van der Waals surface area contributed by atoms with Crippen molar-refractivity contribution in [1.29, 1.82) is 0 Å². The number of aromatic amines is 1. The lowest BCUT2D eigenvalue weighted by Crippen LogP contribution is -2.35. The number of halogens is 1. The predicted octanol–water partition coefficient (Wildman–Crippen LogP) is 3.05. The zero-order valence-corrected chi connectivity index (χ0v) is 14.9. The topological polar surface area (TPSA) is 110 Å². The van der Waals surface area contributed by atoms with E-state index >= 15 is 0 Å². The molecule has 0 saturated carbocycles. The number of rotatable bonds is 2. The number of phenols is 3. The quantitative estimate of drug-likeness (QED) is 0.542. The average Bonchev–Trinajstić information content (AvgIpc) is 3.07. The fraction of sp³-hybridized carbons (Fsp3) is 0.158. The van der Waals surface area contributed by atoms with E-state index in [1.54, 1.807) is 17.0 Å². The Morgan fingerprint density at radius 3 is 2.59 bits per heavy atom. The standard InChI is InChI=1S/C19H16ClN3O4/c20-14-7-12(16(25)8-17(14)26)18-13-9-23(6-5-15(13)21-22-18)19(27)10-1-3-11(24)4-2-10/h1-4,7-8,24-26H,5-6,9H2,(H,21,22). The number of carbonyl (C=O) groups is 1. The van der Waals surface area contributed by atoms with Crippen molar-refractivity contribution >= 4 is 17.5 Å². The van der Waals surface area contributed by atoms with Crippen LogP contribution in [-0.2, 0) is 13.0 Å². The molecule has 4 N–H and O–H groups in total. The van der Waals surface area contributed by atoms with Crippen LogP contribution in [0.2, 0.25) is 5.02 Å². The molecule has 0 spiro atoms. The van der Waals surface area contributed by atoms with E-state index < -0.39 is 0 Å². The van der Waals surface area contributed by atoms with Gasteiger partial charge in [-0.25, -0.2) is 0 Å². The van der Waals surface area contributed by atoms with Gasteiger partial charge in [0, 0.05) is 48.0 Å². The van der Waals surface area contributed by atoms with Gasteiger partial charge in [0.15, 0.2) is 0 Å². The number of fused-ring (bicyclic) bond motifs is 1. The summed E-state index contributed by atoms with van der Waals surface area (Å²) >= 11 is 5.97. The summed E-state index contributed by atoms with van der Waals surface area (Å²) in [5.74, 6) is -0.412. The lowest BCUT2D eigenvalue weighted by atomic mass is 9.99. The van der Waals surface area contributed by atoms with Crippen molar-refractivity contribution in [3.63, 3.8) is 0 Å². The molecule has 1 aromatic heterocycles. The van der Waals surface area contributed by atoms with Crippen molar-refractivity contribution in [2.45, 2.75) is 13.0 Å². The minimum Gasteiger partial charge on any atom is -0.508 e. The van der Waals surface area contributed by atoms with Gasteiger partial charge in [-0.15, -0.1) is 0 Å². The number of aromatic hydroxyl groups is 3. The average molecular weight is 386 g/mol. The van der Waals surface area contributed by atoms with E-state index in [-0.39, 0.29) is 28.2 Å². The van der Waals surface area contributed by atoms with Gasteiger partial charge in [-0.3, -0.25) is 9.89 Å². The molecule has 0 unspecified atom stereocenters. The minimum atomic E-state index is -0.216. The highest BCUT2D eigenvalue weighted by Gasteiger charge is 2.27. The molecule has 0 radical (unpaired) electrons. The number of amides is 1. The molecule has 1 aliphatic rings. The van der Waals surface area contributed by atoms with Gasteiger partial charge >= 0.3 is 0 Å². The largest absolute Gasteiger partial charge is 0.508 e. The summed E-state index contributed by atoms with van der Waals surface area (Å²) in [5, 5.41) is 36.6. The van der Waals surface area contributed by atoms with Gasteiger partial charge in [-0.2, -0.15) is 5.10 Å². The molecule has 2 heterocycles. The molecule has 4 rings (SSSR count). The molecule has 27 heavy (non-hydrogen) atoms. The third-order valence-electron chi connectivity index (χ3n) is 4.66. The molecule has 138 valence electrons. The lowest BCUT2D eigenvalue weighted by molar-refractivity contribution is 0.0734. The summed E-state index contributed by atoms with van der Waals surface area (Å²) in [6, 6.07) is 8.72. The van der Waals surface area contributed by atoms with Gasteiger partial charge in [-0.1, -0.05) is 11.6 Å². The van der Waals surface area contributed by atoms with Crippen molar-refractivity contribution in [1.82, 2.24) is 15.1 Å². The predicted molar refractivity (Wildman–Crippen MR) is 98.9 cm³/mol. The Bertz CT molecular complexity index is 1030. The fourth-order valence-corrected chi connectivity index (χ4v) is 3.38. The van der Waals surface area contributed by atoms with Crippen LogP contribution in [0, 0.1) is 0 Å². The van der Waals surface area contributed by atoms with Crippen LogP contribution in [0.25, 0.3) is 11.3 Å². The van der Waals surface area contributed by atoms with Crippen LogP contribution in [-0.4, -0.2) is 42.9 Å². The maximum atomic E-state index is 12.8. The zero-order valence-electron chi connectivity index (χ0n) is 14.1. The molecule has 7 nitrogen and oxygen atoms in total. The van der Waals surface area contributed by atoms with Gasteiger partial charge in [0.05, 0.1) is 5.02 Å². The van der Waals surface area contributed by atoms with Crippen LogP contribution in [0.1, 0.15) is 21.6 Å². The summed E-state index contributed by atoms with van der Waals surface area (Å²) in [6.07, 6.45) is 0.596. The Morgan fingerprint density at radius 2 is 1.85 bits per heavy atom. The molecule has 0 saturated heterocycles. The van der Waals surface area contributed by atoms with Crippen LogP contribution < -0.4 is 0 Å². The monoisotopic (exact) mass is 385 g/mol. The number of nitrogens with one attached hydrogen (secondary N) is 1. The molecule has 3 aromatic rings. The molecular weight excluding hydrogens is 370 g/mol. The Kier molecular flexibility index (Phi) is 4.16. The molecule has 2 aromatic carbocycles. The molecule has 0 atom stereocenters. The molecule has 1 amide bonds. The first-order valence-corrected chi connectivity index (χ1v) is 8.68. The van der Waals surface area contributed by atoms with Gasteiger partial charge in [0.1, 0.15) is 22.9 Å². The van der Waals surface area contributed by atoms with E-state index in [0.717, 1.165) is 11.3 Å². The Hall–Kier alpha value is -3.19. The zero-order chi connectivity index (χ0) is 19.1. The number of H-pyrrole nitrogens is 1. The first-order chi connectivity index (χ1) is 12.9. The lowest BCUT2D eigenvalue weighted by Gasteiger charge is -2.27. The normalized spacial score (nSPS) is 13.4. The molecule has 1 aliphatic heterocycles. The summed E-state index contributed by atoms with van der Waals surface area (Å²) < 4.78 is 0. The molecule has 0 aliphatic carbocycles. The number of hydrogen-bond donors (Lipinski definition) is 4. The van der Waals surface area contributed by atoms with E-state index in [1.807, 2.05) is 0 Å². The van der Waals surface area contributed by atoms with Gasteiger partial charge in [0.2, 0.25) is 0 Å². The van der Waals surface area contributed by atoms with Crippen molar-refractivity contribution in [3.05, 3.63) is 58.2 Å². The first kappa shape index (κ1) is 17.2. The van der Waals surface area contributed by atoms with Crippen LogP contribution in [0.15, 0.2) is 36.4 Å². The minimum absolute atomic E-state index is 0.101. The van der Waals surface area contributed by atoms with E-state index in [2.05, 4.69) is 10.2 Å². The Balaban J connectivity index is 1.67. The Morgan fingerprint density at radius 1 is 1.11 bits per heavy atom. The molecule has 8 heteroatoms. The highest BCUT2D eigenvalue weighted by molar-refractivity contribution is 6.32. The van der Waals surface area contributed by atoms with Crippen LogP contribution in [0.3, 0.4) is 0 Å². The molecule has 0 fully saturated rings. The smallest absolute Gasteiger partial charge is 0.254 e. The van der Waals surface area contributed by atoms with Crippen LogP contribution in [0.4, 0.5) is 0 Å². The number of benzene rings is 2. The highest BCUT2D eigenvalue weighted by Crippen LogP contribution is 2.39. The van der Waals surface area contributed by atoms with Gasteiger partial charge < -0.3 is 20.2 Å². The summed E-state index contributed by atoms with van der Waals surface area (Å²) in [6.45, 7) is 0.843. The summed E-state index contributed by atoms with van der Waals surface area (Å²) in [5.41, 5.74) is 3.05. The number of aromatic nitrogens is 2. The molecule has 0 bridgehead atoms. The second-order valence-corrected chi connectivity index (χ2v) is 6.78. The van der Waals surface area contributed by atoms with Crippen LogP contribution in [0.5, 0.6) is 17.2 Å². The van der Waals surface area contributed by atoms with Crippen molar-refractivity contribution in [2.75, 3.05) is 6.54 Å². The highest BCUT2D eigenvalue weighted by atomic mass is 35.5. The third-order valence-corrected chi connectivity index (χ3v) is 4.96. The van der Waals surface area contributed by atoms with Crippen molar-refractivity contribution in [2.24, 2.45) is 0 Å². The van der Waals surface area contributed by atoms with Gasteiger partial charge in [0.25, 0.3) is 5.91 Å². The van der Waals surface area contributed by atoms with E-state index in [4.69, 9.17) is 11.6 Å². The van der Waals surface area contributed by atoms with E-state index in [1.165, 1.54) is 24.3 Å². The Labute approximate surface area is 159 Å². The number of carbonyl (C=O) groups excluding carboxylic acids is 1. The number of hydrogen-bond acceptors (Lipinski definition) is 5. The SMILES string of the molecule is O=C(c1ccc(O)cc1)N1CCc2[nH]nc(-c3cc(Cl)c(O)cc3O)c2C1. The number of nitrogens with zero attached hydrogens (tertiary/aromatic N) is 2. The summed E-state index contributed by atoms with van der Waals surface area (Å²) in [4.78, 5) is 14.5. The maximum absolute atomic E-state index is 12.8. The third kappa shape index (κ3) is 3.06. The van der Waals surface area contributed by atoms with Gasteiger partial charge in [-0.05, 0) is 30.3 Å². The van der Waals surface area contributed by atoms with Crippen molar-refractivity contribution in [3.8, 4) is 28.5 Å². The van der Waals surface area contributed by atoms with E-state index in [0.29, 0.717) is 36.3 Å². The maximum Gasteiger partial charge on any atom is 0.254 e. The number of phenolic OH excluding ortho intramolecular Hbond substituents is 3.